The van der Waals surface area contributed by atoms with Crippen LogP contribution in [-0.2, 0) is 14.1 Å². The highest BCUT2D eigenvalue weighted by atomic mass is 15.3. The summed E-state index contributed by atoms with van der Waals surface area (Å²) in [5, 5.41) is 8.90. The maximum absolute atomic E-state index is 4.48. The number of imidazole rings is 1. The van der Waals surface area contributed by atoms with E-state index in [4.69, 9.17) is 0 Å². The van der Waals surface area contributed by atoms with Gasteiger partial charge in [0, 0.05) is 30.9 Å². The van der Waals surface area contributed by atoms with Crippen LogP contribution in [0.1, 0.15) is 0 Å². The largest absolute Gasteiger partial charge is 0.422 e. The summed E-state index contributed by atoms with van der Waals surface area (Å²) in [6.07, 6.45) is 0. The van der Waals surface area contributed by atoms with Crippen molar-refractivity contribution in [1.29, 1.82) is 0 Å². The number of azo groups is 1. The first-order chi connectivity index (χ1) is 12.5. The fourth-order valence-electron chi connectivity index (χ4n) is 2.96. The van der Waals surface area contributed by atoms with Gasteiger partial charge in [-0.05, 0) is 50.5 Å². The van der Waals surface area contributed by atoms with E-state index in [0.717, 1.165) is 35.8 Å². The highest BCUT2D eigenvalue weighted by Crippen LogP contribution is 2.22. The first-order valence-electron chi connectivity index (χ1n) is 8.78. The maximum Gasteiger partial charge on any atom is 0.422 e. The van der Waals surface area contributed by atoms with Crippen molar-refractivity contribution in [3.63, 3.8) is 0 Å². The number of hydrogen-bond donors (Lipinski definition) is 0. The van der Waals surface area contributed by atoms with Gasteiger partial charge in [-0.2, -0.15) is 0 Å². The van der Waals surface area contributed by atoms with Gasteiger partial charge >= 0.3 is 5.95 Å². The van der Waals surface area contributed by atoms with Crippen LogP contribution in [0.5, 0.6) is 0 Å². The van der Waals surface area contributed by atoms with Gasteiger partial charge in [0.05, 0.1) is 14.1 Å². The van der Waals surface area contributed by atoms with Crippen LogP contribution < -0.4 is 9.47 Å². The van der Waals surface area contributed by atoms with E-state index in [1.807, 2.05) is 38.4 Å². The number of fused-ring (bicyclic) bond motifs is 1. The standard InChI is InChI=1S/C20H27N6/c1-23(2)14-15-24(3)17-12-10-16(11-13-17)21-22-20-25(4)18-8-6-7-9-19(18)26(20)5/h6-13H,14-15H2,1-5H3/q+1. The molecule has 0 spiro atoms. The lowest BCUT2D eigenvalue weighted by Gasteiger charge is -2.21. The molecule has 0 aliphatic carbocycles. The molecule has 0 saturated heterocycles. The van der Waals surface area contributed by atoms with E-state index < -0.39 is 0 Å². The van der Waals surface area contributed by atoms with Crippen molar-refractivity contribution < 1.29 is 4.57 Å². The average molecular weight is 351 g/mol. The van der Waals surface area contributed by atoms with Crippen LogP contribution >= 0.6 is 0 Å². The predicted octanol–water partition coefficient (Wildman–Crippen LogP) is 3.42. The molecule has 0 atom stereocenters. The molecule has 2 aromatic carbocycles. The summed E-state index contributed by atoms with van der Waals surface area (Å²) >= 11 is 0. The van der Waals surface area contributed by atoms with Crippen LogP contribution in [0.2, 0.25) is 0 Å². The third-order valence-electron chi connectivity index (χ3n) is 4.63. The van der Waals surface area contributed by atoms with Crippen LogP contribution in [-0.4, -0.2) is 43.7 Å². The molecule has 0 aliphatic rings. The SMILES string of the molecule is CN(C)CCN(C)c1ccc(N=Nc2n(C)c3ccccc3[n+]2C)cc1. The van der Waals surface area contributed by atoms with Gasteiger partial charge in [0.15, 0.2) is 0 Å². The Balaban J connectivity index is 1.77. The topological polar surface area (TPSA) is 40.0 Å². The summed E-state index contributed by atoms with van der Waals surface area (Å²) in [5.74, 6) is 0.818. The second kappa shape index (κ2) is 7.66. The molecule has 136 valence electrons. The monoisotopic (exact) mass is 351 g/mol. The number of nitrogens with zero attached hydrogens (tertiary/aromatic N) is 6. The van der Waals surface area contributed by atoms with E-state index in [1.165, 1.54) is 5.69 Å². The minimum absolute atomic E-state index is 0.818. The first kappa shape index (κ1) is 18.1. The van der Waals surface area contributed by atoms with E-state index in [2.05, 4.69) is 74.6 Å². The Kier molecular flexibility index (Phi) is 5.32. The number of anilines is 1. The van der Waals surface area contributed by atoms with Crippen molar-refractivity contribution in [2.75, 3.05) is 39.1 Å². The Hall–Kier alpha value is -2.73. The smallest absolute Gasteiger partial charge is 0.373 e. The van der Waals surface area contributed by atoms with Gasteiger partial charge in [0.2, 0.25) is 0 Å². The molecular formula is C20H27N6+. The number of benzene rings is 2. The maximum atomic E-state index is 4.48. The Morgan fingerprint density at radius 2 is 1.62 bits per heavy atom. The minimum Gasteiger partial charge on any atom is -0.373 e. The number of para-hydroxylation sites is 2. The molecule has 1 aromatic heterocycles. The van der Waals surface area contributed by atoms with Crippen LogP contribution in [0.25, 0.3) is 11.0 Å². The predicted molar refractivity (Wildman–Crippen MR) is 107 cm³/mol. The quantitative estimate of drug-likeness (QED) is 0.504. The third kappa shape index (κ3) is 3.75. The molecule has 6 heteroatoms. The fourth-order valence-corrected chi connectivity index (χ4v) is 2.96. The first-order valence-corrected chi connectivity index (χ1v) is 8.78. The van der Waals surface area contributed by atoms with Crippen molar-refractivity contribution in [3.05, 3.63) is 48.5 Å². The van der Waals surface area contributed by atoms with Crippen molar-refractivity contribution in [2.24, 2.45) is 24.3 Å². The Morgan fingerprint density at radius 3 is 2.27 bits per heavy atom. The highest BCUT2D eigenvalue weighted by Gasteiger charge is 2.18. The van der Waals surface area contributed by atoms with Crippen molar-refractivity contribution in [3.8, 4) is 0 Å². The molecule has 3 aromatic rings. The lowest BCUT2D eigenvalue weighted by molar-refractivity contribution is -0.632. The summed E-state index contributed by atoms with van der Waals surface area (Å²) in [5.41, 5.74) is 4.31. The number of aromatic nitrogens is 2. The molecule has 0 N–H and O–H groups in total. The molecule has 0 saturated carbocycles. The van der Waals surface area contributed by atoms with Crippen LogP contribution in [0.4, 0.5) is 17.3 Å². The van der Waals surface area contributed by atoms with Gasteiger partial charge < -0.3 is 9.80 Å². The summed E-state index contributed by atoms with van der Waals surface area (Å²) in [7, 11) is 10.3. The van der Waals surface area contributed by atoms with E-state index in [1.54, 1.807) is 0 Å². The summed E-state index contributed by atoms with van der Waals surface area (Å²) < 4.78 is 4.12. The van der Waals surface area contributed by atoms with E-state index in [9.17, 15) is 0 Å². The van der Waals surface area contributed by atoms with Crippen LogP contribution in [0.3, 0.4) is 0 Å². The lowest BCUT2D eigenvalue weighted by atomic mass is 10.2. The summed E-state index contributed by atoms with van der Waals surface area (Å²) in [4.78, 5) is 4.42. The number of aryl methyl sites for hydroxylation is 2. The number of rotatable bonds is 6. The van der Waals surface area contributed by atoms with Gasteiger partial charge in [-0.3, -0.25) is 0 Å². The molecule has 6 nitrogen and oxygen atoms in total. The lowest BCUT2D eigenvalue weighted by Crippen LogP contribution is -2.28. The molecule has 0 unspecified atom stereocenters. The van der Waals surface area contributed by atoms with Crippen molar-refractivity contribution >= 4 is 28.4 Å². The Labute approximate surface area is 155 Å². The van der Waals surface area contributed by atoms with Gasteiger partial charge in [-0.1, -0.05) is 17.2 Å². The second-order valence-corrected chi connectivity index (χ2v) is 6.85. The van der Waals surface area contributed by atoms with Gasteiger partial charge in [0.1, 0.15) is 16.7 Å². The highest BCUT2D eigenvalue weighted by molar-refractivity contribution is 5.73. The summed E-state index contributed by atoms with van der Waals surface area (Å²) in [6, 6.07) is 16.4. The molecule has 0 amide bonds. The van der Waals surface area contributed by atoms with Crippen LogP contribution in [0, 0.1) is 0 Å². The minimum atomic E-state index is 0.818. The zero-order valence-corrected chi connectivity index (χ0v) is 16.2. The normalized spacial score (nSPS) is 11.8. The number of hydrogen-bond acceptors (Lipinski definition) is 4. The fraction of sp³-hybridized carbons (Fsp3) is 0.350. The van der Waals surface area contributed by atoms with E-state index in [0.29, 0.717) is 0 Å². The molecular weight excluding hydrogens is 324 g/mol. The van der Waals surface area contributed by atoms with Crippen LogP contribution in [0.15, 0.2) is 58.8 Å². The second-order valence-electron chi connectivity index (χ2n) is 6.85. The Morgan fingerprint density at radius 1 is 0.923 bits per heavy atom. The molecule has 1 heterocycles. The zero-order valence-electron chi connectivity index (χ0n) is 16.2. The third-order valence-corrected chi connectivity index (χ3v) is 4.63. The molecule has 0 fully saturated rings. The van der Waals surface area contributed by atoms with Gasteiger partial charge in [-0.15, -0.1) is 0 Å². The Bertz CT molecular complexity index is 869. The molecule has 0 aliphatic heterocycles. The van der Waals surface area contributed by atoms with Gasteiger partial charge in [-0.25, -0.2) is 9.13 Å². The van der Waals surface area contributed by atoms with E-state index in [-0.39, 0.29) is 0 Å². The average Bonchev–Trinajstić information content (AvgIpc) is 2.89. The molecule has 0 radical (unpaired) electrons. The molecule has 26 heavy (non-hydrogen) atoms. The van der Waals surface area contributed by atoms with Crippen molar-refractivity contribution in [1.82, 2.24) is 9.47 Å². The molecule has 0 bridgehead atoms. The molecule has 3 rings (SSSR count). The van der Waals surface area contributed by atoms with E-state index >= 15 is 0 Å². The summed E-state index contributed by atoms with van der Waals surface area (Å²) in [6.45, 7) is 2.01. The van der Waals surface area contributed by atoms with Gasteiger partial charge in [0.25, 0.3) is 0 Å². The number of likely N-dealkylation sites (N-methyl/N-ethyl adjacent to an activating group) is 2. The van der Waals surface area contributed by atoms with Crippen molar-refractivity contribution in [2.45, 2.75) is 0 Å². The zero-order chi connectivity index (χ0) is 18.7.